The second kappa shape index (κ2) is 6.50. The maximum absolute atomic E-state index is 14.4. The molecule has 1 aromatic carbocycles. The van der Waals surface area contributed by atoms with Crippen molar-refractivity contribution in [1.82, 2.24) is 14.6 Å². The normalized spacial score (nSPS) is 15.6. The average molecular weight is 401 g/mol. The zero-order valence-corrected chi connectivity index (χ0v) is 16.4. The van der Waals surface area contributed by atoms with Crippen molar-refractivity contribution in [2.75, 3.05) is 31.5 Å². The number of nitrogens with two attached hydrogens (primary N) is 1. The monoisotopic (exact) mass is 401 g/mol. The van der Waals surface area contributed by atoms with Crippen molar-refractivity contribution in [3.8, 4) is 22.6 Å². The standard InChI is InChI=1S/C19H20FN5O4/c1-19(2)9-29-18(26)25(19)17-14(27-3)8-24-16(23-17)11(7-22-24)10-5-12(20)15(28-4)13(21)6-10/h5-8H,9,21H2,1-4H3. The van der Waals surface area contributed by atoms with Crippen molar-refractivity contribution in [2.24, 2.45) is 0 Å². The van der Waals surface area contributed by atoms with E-state index in [1.165, 1.54) is 29.7 Å². The maximum Gasteiger partial charge on any atom is 0.416 e. The predicted octanol–water partition coefficient (Wildman–Crippen LogP) is 2.87. The van der Waals surface area contributed by atoms with Crippen LogP contribution in [0.3, 0.4) is 0 Å². The second-order valence-electron chi connectivity index (χ2n) is 7.24. The highest BCUT2D eigenvalue weighted by molar-refractivity contribution is 5.93. The van der Waals surface area contributed by atoms with Gasteiger partial charge >= 0.3 is 6.09 Å². The van der Waals surface area contributed by atoms with Crippen molar-refractivity contribution < 1.29 is 23.4 Å². The van der Waals surface area contributed by atoms with Crippen molar-refractivity contribution in [3.05, 3.63) is 30.3 Å². The molecule has 0 radical (unpaired) electrons. The SMILES string of the molecule is COc1cn2ncc(-c3cc(N)c(OC)c(F)c3)c2nc1N1C(=O)OCC1(C)C. The van der Waals surface area contributed by atoms with Crippen molar-refractivity contribution in [3.63, 3.8) is 0 Å². The Bertz CT molecular complexity index is 1100. The lowest BCUT2D eigenvalue weighted by molar-refractivity contribution is 0.175. The van der Waals surface area contributed by atoms with E-state index >= 15 is 0 Å². The van der Waals surface area contributed by atoms with Gasteiger partial charge in [-0.25, -0.2) is 23.6 Å². The lowest BCUT2D eigenvalue weighted by atomic mass is 10.1. The van der Waals surface area contributed by atoms with Crippen LogP contribution in [0.2, 0.25) is 0 Å². The summed E-state index contributed by atoms with van der Waals surface area (Å²) in [5.74, 6) is 0.0117. The first-order valence-electron chi connectivity index (χ1n) is 8.79. The summed E-state index contributed by atoms with van der Waals surface area (Å²) >= 11 is 0. The lowest BCUT2D eigenvalue weighted by Crippen LogP contribution is -2.42. The minimum Gasteiger partial charge on any atom is -0.492 e. The Balaban J connectivity index is 1.92. The van der Waals surface area contributed by atoms with E-state index in [0.717, 1.165) is 0 Å². The van der Waals surface area contributed by atoms with Crippen LogP contribution in [-0.2, 0) is 4.74 Å². The molecule has 0 atom stereocenters. The van der Waals surface area contributed by atoms with Gasteiger partial charge < -0.3 is 19.9 Å². The van der Waals surface area contributed by atoms with Crippen LogP contribution in [0.5, 0.6) is 11.5 Å². The molecule has 0 unspecified atom stereocenters. The number of halogens is 1. The van der Waals surface area contributed by atoms with Gasteiger partial charge in [0.25, 0.3) is 0 Å². The molecule has 1 saturated heterocycles. The molecular weight excluding hydrogens is 381 g/mol. The topological polar surface area (TPSA) is 104 Å². The lowest BCUT2D eigenvalue weighted by Gasteiger charge is -2.27. The van der Waals surface area contributed by atoms with Crippen molar-refractivity contribution >= 4 is 23.2 Å². The molecule has 29 heavy (non-hydrogen) atoms. The number of hydrogen-bond acceptors (Lipinski definition) is 7. The second-order valence-corrected chi connectivity index (χ2v) is 7.24. The van der Waals surface area contributed by atoms with Crippen LogP contribution in [0.4, 0.5) is 20.7 Å². The summed E-state index contributed by atoms with van der Waals surface area (Å²) in [5.41, 5.74) is 6.86. The molecule has 0 bridgehead atoms. The van der Waals surface area contributed by atoms with Crippen LogP contribution >= 0.6 is 0 Å². The molecule has 10 heteroatoms. The molecule has 1 aliphatic rings. The highest BCUT2D eigenvalue weighted by Crippen LogP contribution is 2.38. The van der Waals surface area contributed by atoms with Crippen LogP contribution in [0, 0.1) is 5.82 Å². The molecule has 3 aromatic rings. The van der Waals surface area contributed by atoms with Gasteiger partial charge in [-0.2, -0.15) is 5.10 Å². The Labute approximate surface area is 165 Å². The highest BCUT2D eigenvalue weighted by Gasteiger charge is 2.43. The predicted molar refractivity (Wildman–Crippen MR) is 104 cm³/mol. The summed E-state index contributed by atoms with van der Waals surface area (Å²) in [4.78, 5) is 18.4. The van der Waals surface area contributed by atoms with E-state index in [1.807, 2.05) is 13.8 Å². The minimum atomic E-state index is -0.619. The molecule has 1 fully saturated rings. The molecule has 1 amide bonds. The van der Waals surface area contributed by atoms with E-state index in [2.05, 4.69) is 10.1 Å². The minimum absolute atomic E-state index is 0.0258. The smallest absolute Gasteiger partial charge is 0.416 e. The van der Waals surface area contributed by atoms with E-state index in [0.29, 0.717) is 22.5 Å². The molecule has 1 aliphatic heterocycles. The largest absolute Gasteiger partial charge is 0.492 e. The van der Waals surface area contributed by atoms with Gasteiger partial charge in [0.15, 0.2) is 28.8 Å². The summed E-state index contributed by atoms with van der Waals surface area (Å²) in [6, 6.07) is 2.88. The Morgan fingerprint density at radius 3 is 2.62 bits per heavy atom. The van der Waals surface area contributed by atoms with Gasteiger partial charge in [0, 0.05) is 5.56 Å². The molecule has 3 heterocycles. The molecule has 2 N–H and O–H groups in total. The summed E-state index contributed by atoms with van der Waals surface area (Å²) in [6.07, 6.45) is 2.62. The summed E-state index contributed by atoms with van der Waals surface area (Å²) in [7, 11) is 2.82. The quantitative estimate of drug-likeness (QED) is 0.670. The summed E-state index contributed by atoms with van der Waals surface area (Å²) in [6.45, 7) is 3.94. The number of ether oxygens (including phenoxy) is 3. The van der Waals surface area contributed by atoms with Crippen LogP contribution in [0.1, 0.15) is 13.8 Å². The number of methoxy groups -OCH3 is 2. The number of aromatic nitrogens is 3. The average Bonchev–Trinajstić information content (AvgIpc) is 3.19. The number of nitrogens with zero attached hydrogens (tertiary/aromatic N) is 4. The Morgan fingerprint density at radius 2 is 2.03 bits per heavy atom. The third-order valence-electron chi connectivity index (χ3n) is 4.80. The zero-order chi connectivity index (χ0) is 20.9. The molecule has 0 saturated carbocycles. The molecular formula is C19H20FN5O4. The van der Waals surface area contributed by atoms with Crippen LogP contribution < -0.4 is 20.1 Å². The number of nitrogen functional groups attached to an aromatic ring is 1. The summed E-state index contributed by atoms with van der Waals surface area (Å²) < 4.78 is 31.4. The van der Waals surface area contributed by atoms with E-state index in [-0.39, 0.29) is 23.9 Å². The van der Waals surface area contributed by atoms with Gasteiger partial charge in [0.2, 0.25) is 0 Å². The number of anilines is 2. The third kappa shape index (κ3) is 2.87. The molecule has 0 aliphatic carbocycles. The molecule has 152 valence electrons. The number of rotatable bonds is 4. The van der Waals surface area contributed by atoms with Crippen molar-refractivity contribution in [2.45, 2.75) is 19.4 Å². The number of carbonyl (C=O) groups excluding carboxylic acids is 1. The van der Waals surface area contributed by atoms with E-state index in [4.69, 9.17) is 19.9 Å². The van der Waals surface area contributed by atoms with Crippen LogP contribution in [-0.4, -0.2) is 47.1 Å². The van der Waals surface area contributed by atoms with Gasteiger partial charge in [0.05, 0.1) is 37.8 Å². The number of fused-ring (bicyclic) bond motifs is 1. The van der Waals surface area contributed by atoms with Gasteiger partial charge in [-0.3, -0.25) is 0 Å². The van der Waals surface area contributed by atoms with Gasteiger partial charge in [-0.1, -0.05) is 0 Å². The zero-order valence-electron chi connectivity index (χ0n) is 16.4. The number of hydrogen-bond donors (Lipinski definition) is 1. The molecule has 9 nitrogen and oxygen atoms in total. The van der Waals surface area contributed by atoms with E-state index in [1.54, 1.807) is 18.5 Å². The first kappa shape index (κ1) is 18.8. The first-order chi connectivity index (χ1) is 13.8. The third-order valence-corrected chi connectivity index (χ3v) is 4.80. The van der Waals surface area contributed by atoms with Crippen molar-refractivity contribution in [1.29, 1.82) is 0 Å². The number of cyclic esters (lactones) is 1. The molecule has 0 spiro atoms. The number of carbonyl (C=O) groups is 1. The van der Waals surface area contributed by atoms with Crippen LogP contribution in [0.25, 0.3) is 16.8 Å². The van der Waals surface area contributed by atoms with E-state index < -0.39 is 17.4 Å². The maximum atomic E-state index is 14.4. The Hall–Kier alpha value is -3.56. The Kier molecular flexibility index (Phi) is 4.21. The van der Waals surface area contributed by atoms with Gasteiger partial charge in [0.1, 0.15) is 6.61 Å². The fourth-order valence-corrected chi connectivity index (χ4v) is 3.37. The van der Waals surface area contributed by atoms with E-state index in [9.17, 15) is 9.18 Å². The molecule has 4 rings (SSSR count). The Morgan fingerprint density at radius 1 is 1.28 bits per heavy atom. The molecule has 2 aromatic heterocycles. The van der Waals surface area contributed by atoms with Crippen LogP contribution in [0.15, 0.2) is 24.5 Å². The first-order valence-corrected chi connectivity index (χ1v) is 8.79. The highest BCUT2D eigenvalue weighted by atomic mass is 19.1. The summed E-state index contributed by atoms with van der Waals surface area (Å²) in [5, 5.41) is 4.27. The number of amides is 1. The fraction of sp³-hybridized carbons (Fsp3) is 0.316. The fourth-order valence-electron chi connectivity index (χ4n) is 3.37. The van der Waals surface area contributed by atoms with Gasteiger partial charge in [-0.15, -0.1) is 0 Å². The van der Waals surface area contributed by atoms with Gasteiger partial charge in [-0.05, 0) is 31.5 Å². The number of benzene rings is 1.